The number of anilines is 1. The molecule has 2 rings (SSSR count). The van der Waals surface area contributed by atoms with Gasteiger partial charge in [0.25, 0.3) is 5.91 Å². The van der Waals surface area contributed by atoms with Gasteiger partial charge in [-0.1, -0.05) is 19.1 Å². The van der Waals surface area contributed by atoms with E-state index in [4.69, 9.17) is 10.8 Å². The summed E-state index contributed by atoms with van der Waals surface area (Å²) in [7, 11) is 0. The Morgan fingerprint density at radius 2 is 2.26 bits per heavy atom. The first kappa shape index (κ1) is 13.8. The number of nitrogens with two attached hydrogens (primary N) is 1. The molecule has 0 saturated carbocycles. The summed E-state index contributed by atoms with van der Waals surface area (Å²) in [5.74, 6) is -0.126. The second-order valence-electron chi connectivity index (χ2n) is 4.84. The van der Waals surface area contributed by atoms with Crippen molar-refractivity contribution in [2.24, 2.45) is 5.92 Å². The summed E-state index contributed by atoms with van der Waals surface area (Å²) in [4.78, 5) is 12.6. The van der Waals surface area contributed by atoms with Crippen molar-refractivity contribution in [1.29, 1.82) is 0 Å². The smallest absolute Gasteiger partial charge is 0.263 e. The molecule has 0 aliphatic rings. The molecule has 0 saturated heterocycles. The van der Waals surface area contributed by atoms with Crippen molar-refractivity contribution in [1.82, 2.24) is 5.32 Å². The predicted molar refractivity (Wildman–Crippen MR) is 79.6 cm³/mol. The third-order valence-corrected chi connectivity index (χ3v) is 4.18. The van der Waals surface area contributed by atoms with Gasteiger partial charge in [-0.2, -0.15) is 0 Å². The molecule has 0 aliphatic heterocycles. The van der Waals surface area contributed by atoms with Crippen molar-refractivity contribution in [2.75, 3.05) is 18.9 Å². The van der Waals surface area contributed by atoms with Crippen molar-refractivity contribution in [2.45, 2.75) is 13.8 Å². The van der Waals surface area contributed by atoms with Crippen LogP contribution in [0.4, 0.5) is 5.69 Å². The molecule has 1 amide bonds. The topological polar surface area (TPSA) is 75.4 Å². The zero-order valence-electron chi connectivity index (χ0n) is 11.1. The second-order valence-corrected chi connectivity index (χ2v) is 5.89. The van der Waals surface area contributed by atoms with Gasteiger partial charge >= 0.3 is 0 Å². The maximum absolute atomic E-state index is 12.1. The highest BCUT2D eigenvalue weighted by molar-refractivity contribution is 7.21. The van der Waals surface area contributed by atoms with E-state index in [-0.39, 0.29) is 18.4 Å². The maximum atomic E-state index is 12.1. The number of aryl methyl sites for hydroxylation is 1. The minimum absolute atomic E-state index is 0.0433. The van der Waals surface area contributed by atoms with Crippen LogP contribution in [0, 0.1) is 12.8 Å². The quantitative estimate of drug-likeness (QED) is 0.802. The van der Waals surface area contributed by atoms with E-state index in [0.717, 1.165) is 15.6 Å². The van der Waals surface area contributed by atoms with Crippen LogP contribution >= 0.6 is 11.3 Å². The molecule has 0 radical (unpaired) electrons. The summed E-state index contributed by atoms with van der Waals surface area (Å²) >= 11 is 1.41. The van der Waals surface area contributed by atoms with E-state index in [9.17, 15) is 4.79 Å². The number of fused-ring (bicyclic) bond motifs is 1. The first-order chi connectivity index (χ1) is 9.02. The molecule has 5 heteroatoms. The number of rotatable bonds is 4. The van der Waals surface area contributed by atoms with Crippen LogP contribution in [0.15, 0.2) is 18.2 Å². The summed E-state index contributed by atoms with van der Waals surface area (Å²) in [5.41, 5.74) is 7.71. The molecule has 1 atom stereocenters. The summed E-state index contributed by atoms with van der Waals surface area (Å²) in [6.45, 7) is 4.39. The lowest BCUT2D eigenvalue weighted by Gasteiger charge is -2.08. The first-order valence-corrected chi connectivity index (χ1v) is 7.02. The van der Waals surface area contributed by atoms with Gasteiger partial charge in [-0.25, -0.2) is 0 Å². The molecular weight excluding hydrogens is 260 g/mol. The molecule has 102 valence electrons. The minimum atomic E-state index is -0.170. The second kappa shape index (κ2) is 5.59. The lowest BCUT2D eigenvalue weighted by atomic mass is 10.1. The molecule has 1 aromatic carbocycles. The highest BCUT2D eigenvalue weighted by atomic mass is 32.1. The molecule has 4 N–H and O–H groups in total. The normalized spacial score (nSPS) is 12.6. The number of aliphatic hydroxyl groups excluding tert-OH is 1. The van der Waals surface area contributed by atoms with Crippen molar-refractivity contribution in [3.05, 3.63) is 28.6 Å². The van der Waals surface area contributed by atoms with E-state index < -0.39 is 0 Å². The Balaban J connectivity index is 2.25. The van der Waals surface area contributed by atoms with Gasteiger partial charge in [-0.05, 0) is 24.5 Å². The summed E-state index contributed by atoms with van der Waals surface area (Å²) in [6.07, 6.45) is 0. The molecule has 1 unspecified atom stereocenters. The van der Waals surface area contributed by atoms with Gasteiger partial charge < -0.3 is 16.2 Å². The van der Waals surface area contributed by atoms with E-state index in [0.29, 0.717) is 17.1 Å². The average molecular weight is 278 g/mol. The fraction of sp³-hybridized carbons (Fsp3) is 0.357. The van der Waals surface area contributed by atoms with E-state index >= 15 is 0 Å². The van der Waals surface area contributed by atoms with Crippen LogP contribution < -0.4 is 11.1 Å². The number of carbonyl (C=O) groups is 1. The van der Waals surface area contributed by atoms with Crippen LogP contribution in [-0.4, -0.2) is 24.2 Å². The predicted octanol–water partition coefficient (Wildman–Crippen LogP) is 2.15. The number of hydrogen-bond donors (Lipinski definition) is 3. The maximum Gasteiger partial charge on any atom is 0.263 e. The Morgan fingerprint density at radius 1 is 1.53 bits per heavy atom. The fourth-order valence-corrected chi connectivity index (χ4v) is 2.94. The number of aliphatic hydroxyl groups is 1. The van der Waals surface area contributed by atoms with Crippen LogP contribution in [0.25, 0.3) is 10.1 Å². The molecule has 0 fully saturated rings. The molecule has 1 heterocycles. The Labute approximate surface area is 116 Å². The Hall–Kier alpha value is -1.59. The standard InChI is InChI=1S/C14H18N2O2S/c1-8-3-4-10-11(5-8)19-13(12(10)15)14(18)16-6-9(2)7-17/h3-5,9,17H,6-7,15H2,1-2H3,(H,16,18). The number of hydrogen-bond acceptors (Lipinski definition) is 4. The molecule has 0 bridgehead atoms. The third-order valence-electron chi connectivity index (χ3n) is 3.01. The van der Waals surface area contributed by atoms with Crippen molar-refractivity contribution in [3.63, 3.8) is 0 Å². The zero-order chi connectivity index (χ0) is 14.0. The SMILES string of the molecule is Cc1ccc2c(N)c(C(=O)NCC(C)CO)sc2c1. The number of amides is 1. The van der Waals surface area contributed by atoms with Gasteiger partial charge in [-0.3, -0.25) is 4.79 Å². The molecule has 0 spiro atoms. The van der Waals surface area contributed by atoms with Gasteiger partial charge in [0.2, 0.25) is 0 Å². The van der Waals surface area contributed by atoms with Gasteiger partial charge in [0.1, 0.15) is 4.88 Å². The highest BCUT2D eigenvalue weighted by Gasteiger charge is 2.16. The number of thiophene rings is 1. The Bertz CT molecular complexity index is 607. The van der Waals surface area contributed by atoms with Crippen LogP contribution in [-0.2, 0) is 0 Å². The van der Waals surface area contributed by atoms with E-state index in [1.807, 2.05) is 32.0 Å². The fourth-order valence-electron chi connectivity index (χ4n) is 1.80. The first-order valence-electron chi connectivity index (χ1n) is 6.20. The monoisotopic (exact) mass is 278 g/mol. The zero-order valence-corrected chi connectivity index (χ0v) is 11.9. The lowest BCUT2D eigenvalue weighted by molar-refractivity contribution is 0.0947. The van der Waals surface area contributed by atoms with Crippen LogP contribution in [0.3, 0.4) is 0 Å². The molecule has 4 nitrogen and oxygen atoms in total. The number of benzene rings is 1. The molecule has 1 aromatic heterocycles. The molecule has 0 aliphatic carbocycles. The molecular formula is C14H18N2O2S. The number of carbonyl (C=O) groups excluding carboxylic acids is 1. The van der Waals surface area contributed by atoms with Crippen molar-refractivity contribution < 1.29 is 9.90 Å². The number of nitrogen functional groups attached to an aromatic ring is 1. The van der Waals surface area contributed by atoms with Crippen LogP contribution in [0.1, 0.15) is 22.2 Å². The average Bonchev–Trinajstić information content (AvgIpc) is 2.72. The highest BCUT2D eigenvalue weighted by Crippen LogP contribution is 2.34. The van der Waals surface area contributed by atoms with Gasteiger partial charge in [0.15, 0.2) is 0 Å². The van der Waals surface area contributed by atoms with Gasteiger partial charge in [0.05, 0.1) is 5.69 Å². The summed E-state index contributed by atoms with van der Waals surface area (Å²) in [6, 6.07) is 5.97. The van der Waals surface area contributed by atoms with Crippen LogP contribution in [0.5, 0.6) is 0 Å². The van der Waals surface area contributed by atoms with Gasteiger partial charge in [-0.15, -0.1) is 11.3 Å². The summed E-state index contributed by atoms with van der Waals surface area (Å²) < 4.78 is 1.03. The number of nitrogens with one attached hydrogen (secondary N) is 1. The largest absolute Gasteiger partial charge is 0.397 e. The molecule has 2 aromatic rings. The van der Waals surface area contributed by atoms with E-state index in [2.05, 4.69) is 5.32 Å². The third kappa shape index (κ3) is 2.88. The van der Waals surface area contributed by atoms with Gasteiger partial charge in [0, 0.05) is 23.2 Å². The molecule has 19 heavy (non-hydrogen) atoms. The Morgan fingerprint density at radius 3 is 2.95 bits per heavy atom. The lowest BCUT2D eigenvalue weighted by Crippen LogP contribution is -2.29. The van der Waals surface area contributed by atoms with Crippen molar-refractivity contribution in [3.8, 4) is 0 Å². The van der Waals surface area contributed by atoms with E-state index in [1.165, 1.54) is 11.3 Å². The minimum Gasteiger partial charge on any atom is -0.397 e. The van der Waals surface area contributed by atoms with Crippen molar-refractivity contribution >= 4 is 33.0 Å². The van der Waals surface area contributed by atoms with Crippen LogP contribution in [0.2, 0.25) is 0 Å². The Kier molecular flexibility index (Phi) is 4.07. The van der Waals surface area contributed by atoms with E-state index in [1.54, 1.807) is 0 Å². The summed E-state index contributed by atoms with van der Waals surface area (Å²) in [5, 5.41) is 12.7.